The third-order valence-electron chi connectivity index (χ3n) is 3.93. The number of methoxy groups -OCH3 is 1. The quantitative estimate of drug-likeness (QED) is 0.795. The molecule has 0 fully saturated rings. The fourth-order valence-corrected chi connectivity index (χ4v) is 2.72. The van der Waals surface area contributed by atoms with Gasteiger partial charge in [0.15, 0.2) is 0 Å². The van der Waals surface area contributed by atoms with Gasteiger partial charge in [-0.15, -0.1) is 0 Å². The zero-order chi connectivity index (χ0) is 14.4. The van der Waals surface area contributed by atoms with Crippen molar-refractivity contribution in [2.24, 2.45) is 5.92 Å². The Morgan fingerprint density at radius 1 is 1.21 bits per heavy atom. The van der Waals surface area contributed by atoms with E-state index in [0.29, 0.717) is 23.3 Å². The molecule has 2 nitrogen and oxygen atoms in total. The Morgan fingerprint density at radius 3 is 2.37 bits per heavy atom. The van der Waals surface area contributed by atoms with E-state index >= 15 is 0 Å². The van der Waals surface area contributed by atoms with Gasteiger partial charge in [-0.2, -0.15) is 0 Å². The Bertz CT molecular complexity index is 390. The first-order valence-electron chi connectivity index (χ1n) is 7.13. The van der Waals surface area contributed by atoms with Gasteiger partial charge in [-0.1, -0.05) is 32.8 Å². The van der Waals surface area contributed by atoms with Crippen molar-refractivity contribution in [1.29, 1.82) is 0 Å². The van der Waals surface area contributed by atoms with Gasteiger partial charge in [-0.25, -0.2) is 4.39 Å². The zero-order valence-electron chi connectivity index (χ0n) is 12.7. The van der Waals surface area contributed by atoms with Crippen LogP contribution in [0.25, 0.3) is 0 Å². The van der Waals surface area contributed by atoms with Gasteiger partial charge >= 0.3 is 0 Å². The van der Waals surface area contributed by atoms with Gasteiger partial charge in [0.1, 0.15) is 11.6 Å². The number of nitrogens with one attached hydrogen (secondary N) is 1. The first-order chi connectivity index (χ1) is 9.04. The lowest BCUT2D eigenvalue weighted by Crippen LogP contribution is -2.35. The van der Waals surface area contributed by atoms with Crippen LogP contribution in [-0.4, -0.2) is 13.2 Å². The fourth-order valence-electron chi connectivity index (χ4n) is 2.72. The van der Waals surface area contributed by atoms with Crippen molar-refractivity contribution < 1.29 is 9.13 Å². The summed E-state index contributed by atoms with van der Waals surface area (Å²) in [6, 6.07) is 5.26. The van der Waals surface area contributed by atoms with Gasteiger partial charge in [0, 0.05) is 17.6 Å². The van der Waals surface area contributed by atoms with E-state index in [1.165, 1.54) is 6.07 Å². The summed E-state index contributed by atoms with van der Waals surface area (Å²) >= 11 is 0. The number of rotatable bonds is 7. The summed E-state index contributed by atoms with van der Waals surface area (Å²) in [5.41, 5.74) is 0.614. The highest BCUT2D eigenvalue weighted by atomic mass is 19.1. The predicted octanol–water partition coefficient (Wildman–Crippen LogP) is 4.31. The van der Waals surface area contributed by atoms with Crippen LogP contribution in [0.1, 0.15) is 52.1 Å². The zero-order valence-corrected chi connectivity index (χ0v) is 12.7. The minimum atomic E-state index is -0.212. The molecule has 0 aliphatic rings. The van der Waals surface area contributed by atoms with Gasteiger partial charge in [0.25, 0.3) is 0 Å². The molecule has 0 aromatic heterocycles. The number of benzene rings is 1. The summed E-state index contributed by atoms with van der Waals surface area (Å²) in [5.74, 6) is 1.01. The van der Waals surface area contributed by atoms with Gasteiger partial charge in [-0.05, 0) is 31.9 Å². The van der Waals surface area contributed by atoms with Crippen molar-refractivity contribution in [1.82, 2.24) is 5.32 Å². The monoisotopic (exact) mass is 267 g/mol. The Balaban J connectivity index is 2.86. The summed E-state index contributed by atoms with van der Waals surface area (Å²) in [7, 11) is 1.58. The van der Waals surface area contributed by atoms with E-state index in [4.69, 9.17) is 4.74 Å². The predicted molar refractivity (Wildman–Crippen MR) is 78.0 cm³/mol. The van der Waals surface area contributed by atoms with Crippen LogP contribution in [0.4, 0.5) is 4.39 Å². The average molecular weight is 267 g/mol. The molecule has 0 radical (unpaired) electrons. The summed E-state index contributed by atoms with van der Waals surface area (Å²) in [6.07, 6.45) is 2.26. The number of halogens is 1. The molecule has 1 rings (SSSR count). The minimum Gasteiger partial charge on any atom is -0.496 e. The Kier molecular flexibility index (Phi) is 6.29. The molecule has 3 heteroatoms. The lowest BCUT2D eigenvalue weighted by atomic mass is 9.94. The first kappa shape index (κ1) is 16.0. The molecule has 0 aliphatic carbocycles. The minimum absolute atomic E-state index is 0.0632. The van der Waals surface area contributed by atoms with Gasteiger partial charge < -0.3 is 10.1 Å². The maximum absolute atomic E-state index is 14.0. The third-order valence-corrected chi connectivity index (χ3v) is 3.93. The molecule has 1 aromatic carbocycles. The number of hydrogen-bond donors (Lipinski definition) is 1. The summed E-state index contributed by atoms with van der Waals surface area (Å²) in [4.78, 5) is 0. The Hall–Kier alpha value is -1.09. The van der Waals surface area contributed by atoms with E-state index in [-0.39, 0.29) is 11.9 Å². The van der Waals surface area contributed by atoms with Crippen molar-refractivity contribution >= 4 is 0 Å². The highest BCUT2D eigenvalue weighted by Gasteiger charge is 2.21. The molecule has 1 N–H and O–H groups in total. The molecular formula is C16H26FNO. The fraction of sp³-hybridized carbons (Fsp3) is 0.625. The molecule has 2 atom stereocenters. The SMILES string of the molecule is CCC(CC)C(C)NC(C)c1c(F)cccc1OC. The normalized spacial score (nSPS) is 14.5. The molecule has 108 valence electrons. The molecule has 0 bridgehead atoms. The lowest BCUT2D eigenvalue weighted by Gasteiger charge is -2.27. The van der Waals surface area contributed by atoms with Crippen molar-refractivity contribution in [2.75, 3.05) is 7.11 Å². The van der Waals surface area contributed by atoms with Crippen molar-refractivity contribution in [3.63, 3.8) is 0 Å². The highest BCUT2D eigenvalue weighted by molar-refractivity contribution is 5.36. The Labute approximate surface area is 116 Å². The molecule has 19 heavy (non-hydrogen) atoms. The van der Waals surface area contributed by atoms with Crippen molar-refractivity contribution in [3.8, 4) is 5.75 Å². The smallest absolute Gasteiger partial charge is 0.131 e. The van der Waals surface area contributed by atoms with E-state index in [1.807, 2.05) is 6.92 Å². The van der Waals surface area contributed by atoms with Crippen LogP contribution < -0.4 is 10.1 Å². The summed E-state index contributed by atoms with van der Waals surface area (Å²) in [6.45, 7) is 8.54. The second-order valence-corrected chi connectivity index (χ2v) is 5.11. The van der Waals surface area contributed by atoms with Gasteiger partial charge in [0.2, 0.25) is 0 Å². The van der Waals surface area contributed by atoms with Crippen LogP contribution in [0.5, 0.6) is 5.75 Å². The first-order valence-corrected chi connectivity index (χ1v) is 7.13. The second-order valence-electron chi connectivity index (χ2n) is 5.11. The van der Waals surface area contributed by atoms with Crippen LogP contribution in [0, 0.1) is 11.7 Å². The van der Waals surface area contributed by atoms with E-state index in [2.05, 4.69) is 26.1 Å². The van der Waals surface area contributed by atoms with E-state index < -0.39 is 0 Å². The summed E-state index contributed by atoms with van der Waals surface area (Å²) < 4.78 is 19.2. The topological polar surface area (TPSA) is 21.3 Å². The molecule has 0 spiro atoms. The summed E-state index contributed by atoms with van der Waals surface area (Å²) in [5, 5.41) is 3.49. The largest absolute Gasteiger partial charge is 0.496 e. The molecule has 0 heterocycles. The van der Waals surface area contributed by atoms with Crippen LogP contribution in [0.2, 0.25) is 0 Å². The van der Waals surface area contributed by atoms with Crippen LogP contribution >= 0.6 is 0 Å². The van der Waals surface area contributed by atoms with Crippen LogP contribution in [0.3, 0.4) is 0 Å². The van der Waals surface area contributed by atoms with Crippen LogP contribution in [0.15, 0.2) is 18.2 Å². The van der Waals surface area contributed by atoms with Gasteiger partial charge in [-0.3, -0.25) is 0 Å². The molecule has 0 amide bonds. The molecule has 0 aliphatic heterocycles. The number of hydrogen-bond acceptors (Lipinski definition) is 2. The maximum Gasteiger partial charge on any atom is 0.131 e. The number of ether oxygens (including phenoxy) is 1. The van der Waals surface area contributed by atoms with Gasteiger partial charge in [0.05, 0.1) is 7.11 Å². The lowest BCUT2D eigenvalue weighted by molar-refractivity contribution is 0.320. The molecular weight excluding hydrogens is 241 g/mol. The maximum atomic E-state index is 14.0. The van der Waals surface area contributed by atoms with Crippen LogP contribution in [-0.2, 0) is 0 Å². The standard InChI is InChI=1S/C16H26FNO/c1-6-13(7-2)11(3)18-12(4)16-14(17)9-8-10-15(16)19-5/h8-13,18H,6-7H2,1-5H3. The second kappa shape index (κ2) is 7.49. The average Bonchev–Trinajstić information content (AvgIpc) is 2.39. The van der Waals surface area contributed by atoms with Crippen molar-refractivity contribution in [2.45, 2.75) is 52.6 Å². The highest BCUT2D eigenvalue weighted by Crippen LogP contribution is 2.28. The van der Waals surface area contributed by atoms with Crippen molar-refractivity contribution in [3.05, 3.63) is 29.6 Å². The van der Waals surface area contributed by atoms with E-state index in [9.17, 15) is 4.39 Å². The Morgan fingerprint density at radius 2 is 1.84 bits per heavy atom. The molecule has 2 unspecified atom stereocenters. The molecule has 0 saturated heterocycles. The molecule has 0 saturated carbocycles. The van der Waals surface area contributed by atoms with E-state index in [0.717, 1.165) is 12.8 Å². The molecule has 1 aromatic rings. The third kappa shape index (κ3) is 3.93. The van der Waals surface area contributed by atoms with E-state index in [1.54, 1.807) is 19.2 Å².